The lowest BCUT2D eigenvalue weighted by Gasteiger charge is -2.17. The van der Waals surface area contributed by atoms with Crippen molar-refractivity contribution in [2.24, 2.45) is 0 Å². The predicted molar refractivity (Wildman–Crippen MR) is 65.6 cm³/mol. The first-order valence-electron chi connectivity index (χ1n) is 5.56. The van der Waals surface area contributed by atoms with Crippen LogP contribution in [0.15, 0.2) is 18.2 Å². The number of hydrogen-bond donors (Lipinski definition) is 1. The van der Waals surface area contributed by atoms with E-state index >= 15 is 0 Å². The molecule has 4 nitrogen and oxygen atoms in total. The molecular formula is C12H14ClNO3. The summed E-state index contributed by atoms with van der Waals surface area (Å²) in [7, 11) is 0. The van der Waals surface area contributed by atoms with Gasteiger partial charge in [-0.25, -0.2) is 0 Å². The van der Waals surface area contributed by atoms with E-state index in [4.69, 9.17) is 21.4 Å². The zero-order valence-electron chi connectivity index (χ0n) is 9.36. The summed E-state index contributed by atoms with van der Waals surface area (Å²) in [5.74, 6) is 0.654. The number of carbonyl (C=O) groups is 1. The Labute approximate surface area is 105 Å². The number of halogens is 1. The number of amides is 1. The van der Waals surface area contributed by atoms with E-state index in [0.717, 1.165) is 18.7 Å². The predicted octanol–water partition coefficient (Wildman–Crippen LogP) is 1.84. The normalized spacial score (nSPS) is 15.4. The molecule has 1 amide bonds. The van der Waals surface area contributed by atoms with E-state index in [1.807, 2.05) is 6.07 Å². The van der Waals surface area contributed by atoms with Crippen molar-refractivity contribution in [1.82, 2.24) is 0 Å². The number of rotatable bonds is 4. The first-order chi connectivity index (χ1) is 8.22. The molecule has 1 N–H and O–H groups in total. The summed E-state index contributed by atoms with van der Waals surface area (Å²) in [6.45, 7) is 0.899. The Kier molecular flexibility index (Phi) is 3.86. The summed E-state index contributed by atoms with van der Waals surface area (Å²) < 4.78 is 5.25. The molecular weight excluding hydrogens is 242 g/mol. The minimum atomic E-state index is -0.0529. The van der Waals surface area contributed by atoms with Crippen LogP contribution in [0.3, 0.4) is 0 Å². The van der Waals surface area contributed by atoms with Gasteiger partial charge in [0.2, 0.25) is 5.91 Å². The summed E-state index contributed by atoms with van der Waals surface area (Å²) in [6, 6.07) is 5.25. The minimum Gasteiger partial charge on any atom is -0.490 e. The molecule has 0 radical (unpaired) electrons. The lowest BCUT2D eigenvalue weighted by Crippen LogP contribution is -2.23. The quantitative estimate of drug-likeness (QED) is 0.893. The fourth-order valence-electron chi connectivity index (χ4n) is 1.85. The lowest BCUT2D eigenvalue weighted by atomic mass is 10.3. The molecule has 1 aliphatic heterocycles. The highest BCUT2D eigenvalue weighted by atomic mass is 35.5. The number of aliphatic hydroxyl groups excluding tert-OH is 1. The highest BCUT2D eigenvalue weighted by molar-refractivity contribution is 6.32. The van der Waals surface area contributed by atoms with Crippen molar-refractivity contribution in [3.05, 3.63) is 23.2 Å². The van der Waals surface area contributed by atoms with Gasteiger partial charge in [-0.1, -0.05) is 11.6 Å². The van der Waals surface area contributed by atoms with Crippen molar-refractivity contribution in [1.29, 1.82) is 0 Å². The minimum absolute atomic E-state index is 0.0529. The molecule has 1 fully saturated rings. The fourth-order valence-corrected chi connectivity index (χ4v) is 2.08. The van der Waals surface area contributed by atoms with Crippen LogP contribution in [0.1, 0.15) is 12.8 Å². The molecule has 0 aromatic heterocycles. The number of ether oxygens (including phenoxy) is 1. The maximum Gasteiger partial charge on any atom is 0.227 e. The number of anilines is 1. The molecule has 5 heteroatoms. The van der Waals surface area contributed by atoms with Crippen LogP contribution in [-0.2, 0) is 4.79 Å². The number of aliphatic hydroxyl groups is 1. The van der Waals surface area contributed by atoms with Crippen molar-refractivity contribution in [2.75, 3.05) is 24.7 Å². The second-order valence-corrected chi connectivity index (χ2v) is 4.24. The third-order valence-electron chi connectivity index (χ3n) is 2.65. The van der Waals surface area contributed by atoms with E-state index in [0.29, 0.717) is 17.2 Å². The monoisotopic (exact) mass is 255 g/mol. The first-order valence-corrected chi connectivity index (χ1v) is 5.94. The third-order valence-corrected chi connectivity index (χ3v) is 2.94. The molecule has 1 aromatic carbocycles. The average Bonchev–Trinajstić information content (AvgIpc) is 2.74. The van der Waals surface area contributed by atoms with Crippen molar-refractivity contribution in [3.63, 3.8) is 0 Å². The number of hydrogen-bond acceptors (Lipinski definition) is 3. The molecule has 1 saturated heterocycles. The number of benzene rings is 1. The summed E-state index contributed by atoms with van der Waals surface area (Å²) in [6.07, 6.45) is 1.49. The zero-order chi connectivity index (χ0) is 12.3. The van der Waals surface area contributed by atoms with E-state index in [-0.39, 0.29) is 19.1 Å². The summed E-state index contributed by atoms with van der Waals surface area (Å²) in [4.78, 5) is 13.3. The first kappa shape index (κ1) is 12.2. The van der Waals surface area contributed by atoms with E-state index in [1.54, 1.807) is 17.0 Å². The average molecular weight is 256 g/mol. The van der Waals surface area contributed by atoms with Gasteiger partial charge < -0.3 is 14.7 Å². The van der Waals surface area contributed by atoms with Gasteiger partial charge in [0, 0.05) is 18.7 Å². The van der Waals surface area contributed by atoms with Gasteiger partial charge >= 0.3 is 0 Å². The summed E-state index contributed by atoms with van der Waals surface area (Å²) >= 11 is 6.05. The molecule has 1 aromatic rings. The Bertz CT molecular complexity index is 422. The van der Waals surface area contributed by atoms with Gasteiger partial charge in [0.1, 0.15) is 12.4 Å². The fraction of sp³-hybridized carbons (Fsp3) is 0.417. The Morgan fingerprint density at radius 2 is 2.29 bits per heavy atom. The molecule has 17 heavy (non-hydrogen) atoms. The largest absolute Gasteiger partial charge is 0.490 e. The molecule has 0 aliphatic carbocycles. The third kappa shape index (κ3) is 2.70. The topological polar surface area (TPSA) is 49.8 Å². The van der Waals surface area contributed by atoms with E-state index in [1.165, 1.54) is 0 Å². The second kappa shape index (κ2) is 5.38. The molecule has 2 rings (SSSR count). The van der Waals surface area contributed by atoms with Gasteiger partial charge in [0.15, 0.2) is 0 Å². The molecule has 0 saturated carbocycles. The van der Waals surface area contributed by atoms with Crippen LogP contribution in [0.4, 0.5) is 5.69 Å². The van der Waals surface area contributed by atoms with E-state index in [2.05, 4.69) is 0 Å². The Morgan fingerprint density at radius 3 is 2.88 bits per heavy atom. The molecule has 0 bridgehead atoms. The highest BCUT2D eigenvalue weighted by Gasteiger charge is 2.22. The van der Waals surface area contributed by atoms with Crippen molar-refractivity contribution in [3.8, 4) is 5.75 Å². The van der Waals surface area contributed by atoms with Crippen molar-refractivity contribution < 1.29 is 14.6 Å². The van der Waals surface area contributed by atoms with Crippen molar-refractivity contribution >= 4 is 23.2 Å². The number of carbonyl (C=O) groups excluding carboxylic acids is 1. The van der Waals surface area contributed by atoms with Crippen LogP contribution in [0.2, 0.25) is 5.02 Å². The number of nitrogens with zero attached hydrogens (tertiary/aromatic N) is 1. The SMILES string of the molecule is O=C1CCCN1c1ccc(OCCO)c(Cl)c1. The van der Waals surface area contributed by atoms with Gasteiger partial charge in [0.25, 0.3) is 0 Å². The standard InChI is InChI=1S/C12H14ClNO3/c13-10-8-9(14-5-1-2-12(14)16)3-4-11(10)17-7-6-15/h3-4,8,15H,1-2,5-7H2. The summed E-state index contributed by atoms with van der Waals surface area (Å²) in [5, 5.41) is 9.11. The molecule has 0 spiro atoms. The smallest absolute Gasteiger partial charge is 0.227 e. The molecule has 1 heterocycles. The van der Waals surface area contributed by atoms with Crippen LogP contribution >= 0.6 is 11.6 Å². The van der Waals surface area contributed by atoms with Crippen LogP contribution < -0.4 is 9.64 Å². The Morgan fingerprint density at radius 1 is 1.47 bits per heavy atom. The van der Waals surface area contributed by atoms with Crippen LogP contribution in [0.25, 0.3) is 0 Å². The lowest BCUT2D eigenvalue weighted by molar-refractivity contribution is -0.117. The molecule has 0 atom stereocenters. The van der Waals surface area contributed by atoms with E-state index < -0.39 is 0 Å². The van der Waals surface area contributed by atoms with Gasteiger partial charge in [0.05, 0.1) is 11.6 Å². The second-order valence-electron chi connectivity index (χ2n) is 3.84. The van der Waals surface area contributed by atoms with Crippen LogP contribution in [-0.4, -0.2) is 30.8 Å². The molecule has 92 valence electrons. The maximum absolute atomic E-state index is 11.6. The van der Waals surface area contributed by atoms with Gasteiger partial charge in [-0.15, -0.1) is 0 Å². The Balaban J connectivity index is 2.15. The van der Waals surface area contributed by atoms with Gasteiger partial charge in [-0.2, -0.15) is 0 Å². The van der Waals surface area contributed by atoms with E-state index in [9.17, 15) is 4.79 Å². The maximum atomic E-state index is 11.6. The Hall–Kier alpha value is -1.26. The molecule has 0 unspecified atom stereocenters. The highest BCUT2D eigenvalue weighted by Crippen LogP contribution is 2.31. The van der Waals surface area contributed by atoms with Crippen LogP contribution in [0.5, 0.6) is 5.75 Å². The zero-order valence-corrected chi connectivity index (χ0v) is 10.1. The van der Waals surface area contributed by atoms with Crippen LogP contribution in [0, 0.1) is 0 Å². The molecule has 1 aliphatic rings. The van der Waals surface area contributed by atoms with Gasteiger partial charge in [-0.3, -0.25) is 4.79 Å². The van der Waals surface area contributed by atoms with Gasteiger partial charge in [-0.05, 0) is 24.6 Å². The van der Waals surface area contributed by atoms with Crippen molar-refractivity contribution in [2.45, 2.75) is 12.8 Å². The summed E-state index contributed by atoms with van der Waals surface area (Å²) in [5.41, 5.74) is 0.800.